The van der Waals surface area contributed by atoms with Gasteiger partial charge in [0.25, 0.3) is 0 Å². The summed E-state index contributed by atoms with van der Waals surface area (Å²) in [7, 11) is 0. The average molecular weight is 362 g/mol. The minimum Gasteiger partial charge on any atom is -0.368 e. The first-order valence-corrected chi connectivity index (χ1v) is 10.0. The molecule has 0 radical (unpaired) electrons. The molecule has 25 heavy (non-hydrogen) atoms. The number of piperazine rings is 1. The molecule has 3 aliphatic rings. The first kappa shape index (κ1) is 17.2. The number of hydrogen-bond donors (Lipinski definition) is 1. The lowest BCUT2D eigenvalue weighted by molar-refractivity contribution is -0.132. The van der Waals surface area contributed by atoms with Crippen LogP contribution in [-0.2, 0) is 4.79 Å². The van der Waals surface area contributed by atoms with Crippen LogP contribution in [0.1, 0.15) is 37.7 Å². The van der Waals surface area contributed by atoms with Crippen LogP contribution < -0.4 is 10.2 Å². The number of carbonyl (C=O) groups is 1. The number of benzene rings is 1. The maximum Gasteiger partial charge on any atom is 0.222 e. The number of nitrogens with one attached hydrogen (secondary N) is 1. The molecule has 2 atom stereocenters. The normalized spacial score (nSPS) is 29.1. The number of nitrogens with zero attached hydrogens (tertiary/aromatic N) is 2. The first-order chi connectivity index (χ1) is 12.1. The van der Waals surface area contributed by atoms with Gasteiger partial charge in [0.2, 0.25) is 5.91 Å². The van der Waals surface area contributed by atoms with E-state index in [0.717, 1.165) is 37.6 Å². The Balaban J connectivity index is 1.31. The summed E-state index contributed by atoms with van der Waals surface area (Å²) < 4.78 is 0. The van der Waals surface area contributed by atoms with Gasteiger partial charge in [-0.05, 0) is 56.2 Å². The van der Waals surface area contributed by atoms with Gasteiger partial charge in [-0.2, -0.15) is 0 Å². The zero-order valence-corrected chi connectivity index (χ0v) is 15.8. The lowest BCUT2D eigenvalue weighted by Crippen LogP contribution is -2.49. The van der Waals surface area contributed by atoms with Gasteiger partial charge in [0, 0.05) is 55.4 Å². The number of fused-ring (bicyclic) bond motifs is 2. The van der Waals surface area contributed by atoms with Crippen LogP contribution in [-0.4, -0.2) is 49.1 Å². The molecule has 5 heteroatoms. The van der Waals surface area contributed by atoms with Gasteiger partial charge in [0.05, 0.1) is 0 Å². The van der Waals surface area contributed by atoms with E-state index in [4.69, 9.17) is 11.6 Å². The van der Waals surface area contributed by atoms with Crippen LogP contribution in [0, 0.1) is 12.8 Å². The van der Waals surface area contributed by atoms with Gasteiger partial charge >= 0.3 is 0 Å². The Kier molecular flexibility index (Phi) is 4.92. The van der Waals surface area contributed by atoms with Gasteiger partial charge in [-0.3, -0.25) is 4.79 Å². The number of amides is 1. The molecular weight excluding hydrogens is 334 g/mol. The standard InChI is InChI=1S/C20H28ClN3O/c1-14-2-3-16(21)13-19(14)23-6-8-24(9-7-23)20(25)12-15-10-17-4-5-18(11-15)22-17/h2-3,13,15,17-18,22H,4-12H2,1H3. The van der Waals surface area contributed by atoms with Gasteiger partial charge in [-0.25, -0.2) is 0 Å². The van der Waals surface area contributed by atoms with E-state index in [1.807, 2.05) is 12.1 Å². The van der Waals surface area contributed by atoms with E-state index >= 15 is 0 Å². The van der Waals surface area contributed by atoms with Gasteiger partial charge in [0.1, 0.15) is 0 Å². The number of piperidine rings is 1. The zero-order chi connectivity index (χ0) is 17.4. The molecular formula is C20H28ClN3O. The average Bonchev–Trinajstić information content (AvgIpc) is 2.95. The fourth-order valence-corrected chi connectivity index (χ4v) is 5.00. The maximum absolute atomic E-state index is 12.7. The van der Waals surface area contributed by atoms with Gasteiger partial charge < -0.3 is 15.1 Å². The van der Waals surface area contributed by atoms with Crippen molar-refractivity contribution < 1.29 is 4.79 Å². The fourth-order valence-electron chi connectivity index (χ4n) is 4.84. The highest BCUT2D eigenvalue weighted by atomic mass is 35.5. The smallest absolute Gasteiger partial charge is 0.222 e. The van der Waals surface area contributed by atoms with Crippen LogP contribution in [0.15, 0.2) is 18.2 Å². The zero-order valence-electron chi connectivity index (χ0n) is 15.0. The molecule has 2 unspecified atom stereocenters. The van der Waals surface area contributed by atoms with Gasteiger partial charge in [-0.15, -0.1) is 0 Å². The summed E-state index contributed by atoms with van der Waals surface area (Å²) >= 11 is 6.16. The molecule has 1 N–H and O–H groups in total. The Hall–Kier alpha value is -1.26. The van der Waals surface area contributed by atoms with Crippen molar-refractivity contribution in [2.45, 2.75) is 51.1 Å². The summed E-state index contributed by atoms with van der Waals surface area (Å²) in [5, 5.41) is 4.44. The van der Waals surface area contributed by atoms with Crippen molar-refractivity contribution in [1.82, 2.24) is 10.2 Å². The van der Waals surface area contributed by atoms with Crippen LogP contribution in [0.4, 0.5) is 5.69 Å². The third kappa shape index (κ3) is 3.80. The van der Waals surface area contributed by atoms with E-state index < -0.39 is 0 Å². The number of anilines is 1. The number of rotatable bonds is 3. The Bertz CT molecular complexity index is 630. The predicted molar refractivity (Wildman–Crippen MR) is 102 cm³/mol. The molecule has 1 aromatic carbocycles. The monoisotopic (exact) mass is 361 g/mol. The SMILES string of the molecule is Cc1ccc(Cl)cc1N1CCN(C(=O)CC2CC3CCC(C2)N3)CC1. The van der Waals surface area contributed by atoms with E-state index in [1.165, 1.54) is 36.9 Å². The van der Waals surface area contributed by atoms with Crippen LogP contribution >= 0.6 is 11.6 Å². The molecule has 136 valence electrons. The van der Waals surface area contributed by atoms with E-state index in [1.54, 1.807) is 0 Å². The third-order valence-electron chi connectivity index (χ3n) is 6.18. The number of halogens is 1. The molecule has 0 saturated carbocycles. The minimum absolute atomic E-state index is 0.355. The van der Waals surface area contributed by atoms with Crippen molar-refractivity contribution in [3.8, 4) is 0 Å². The highest BCUT2D eigenvalue weighted by Gasteiger charge is 2.35. The summed E-state index contributed by atoms with van der Waals surface area (Å²) in [6, 6.07) is 7.38. The predicted octanol–water partition coefficient (Wildman–Crippen LogP) is 3.22. The summed E-state index contributed by atoms with van der Waals surface area (Å²) in [6.45, 7) is 5.55. The summed E-state index contributed by atoms with van der Waals surface area (Å²) in [5.41, 5.74) is 2.45. The molecule has 4 nitrogen and oxygen atoms in total. The molecule has 3 aliphatic heterocycles. The number of aryl methyl sites for hydroxylation is 1. The van der Waals surface area contributed by atoms with Crippen molar-refractivity contribution in [3.63, 3.8) is 0 Å². The summed E-state index contributed by atoms with van der Waals surface area (Å²) in [6.07, 6.45) is 5.71. The fraction of sp³-hybridized carbons (Fsp3) is 0.650. The van der Waals surface area contributed by atoms with Crippen LogP contribution in [0.5, 0.6) is 0 Å². The second-order valence-corrected chi connectivity index (χ2v) is 8.41. The molecule has 3 fully saturated rings. The molecule has 1 aromatic rings. The summed E-state index contributed by atoms with van der Waals surface area (Å²) in [5.74, 6) is 0.938. The van der Waals surface area contributed by atoms with Crippen LogP contribution in [0.25, 0.3) is 0 Å². The van der Waals surface area contributed by atoms with E-state index in [-0.39, 0.29) is 0 Å². The second-order valence-electron chi connectivity index (χ2n) is 7.98. The molecule has 0 aromatic heterocycles. The third-order valence-corrected chi connectivity index (χ3v) is 6.41. The minimum atomic E-state index is 0.355. The summed E-state index contributed by atoms with van der Waals surface area (Å²) in [4.78, 5) is 17.2. The van der Waals surface area contributed by atoms with Crippen LogP contribution in [0.2, 0.25) is 5.02 Å². The van der Waals surface area contributed by atoms with E-state index in [9.17, 15) is 4.79 Å². The molecule has 4 rings (SSSR count). The topological polar surface area (TPSA) is 35.6 Å². The Morgan fingerprint density at radius 1 is 1.16 bits per heavy atom. The molecule has 2 bridgehead atoms. The highest BCUT2D eigenvalue weighted by molar-refractivity contribution is 6.30. The molecule has 3 heterocycles. The Labute approximate surface area is 155 Å². The molecule has 3 saturated heterocycles. The molecule has 0 aliphatic carbocycles. The van der Waals surface area contributed by atoms with Crippen molar-refractivity contribution >= 4 is 23.2 Å². The highest BCUT2D eigenvalue weighted by Crippen LogP contribution is 2.33. The number of carbonyl (C=O) groups excluding carboxylic acids is 1. The van der Waals surface area contributed by atoms with Crippen molar-refractivity contribution in [3.05, 3.63) is 28.8 Å². The second kappa shape index (κ2) is 7.16. The maximum atomic E-state index is 12.7. The lowest BCUT2D eigenvalue weighted by Gasteiger charge is -2.38. The molecule has 0 spiro atoms. The quantitative estimate of drug-likeness (QED) is 0.897. The van der Waals surface area contributed by atoms with Crippen LogP contribution in [0.3, 0.4) is 0 Å². The van der Waals surface area contributed by atoms with Crippen molar-refractivity contribution in [2.75, 3.05) is 31.1 Å². The molecule has 1 amide bonds. The first-order valence-electron chi connectivity index (χ1n) is 9.63. The van der Waals surface area contributed by atoms with E-state index in [2.05, 4.69) is 28.1 Å². The largest absolute Gasteiger partial charge is 0.368 e. The van der Waals surface area contributed by atoms with Crippen molar-refractivity contribution in [1.29, 1.82) is 0 Å². The van der Waals surface area contributed by atoms with Gasteiger partial charge in [0.15, 0.2) is 0 Å². The number of hydrogen-bond acceptors (Lipinski definition) is 3. The lowest BCUT2D eigenvalue weighted by atomic mass is 9.89. The van der Waals surface area contributed by atoms with Gasteiger partial charge in [-0.1, -0.05) is 17.7 Å². The van der Waals surface area contributed by atoms with Crippen molar-refractivity contribution in [2.24, 2.45) is 5.92 Å². The van der Waals surface area contributed by atoms with E-state index in [0.29, 0.717) is 23.9 Å². The Morgan fingerprint density at radius 3 is 2.52 bits per heavy atom. The Morgan fingerprint density at radius 2 is 1.84 bits per heavy atom.